The van der Waals surface area contributed by atoms with Crippen LogP contribution in [0.25, 0.3) is 0 Å². The van der Waals surface area contributed by atoms with E-state index < -0.39 is 0 Å². The minimum atomic E-state index is 0.424. The molecule has 0 aliphatic rings. The van der Waals surface area contributed by atoms with Crippen LogP contribution in [0.15, 0.2) is 53.0 Å². The standard InChI is InChI=1S/C25H30BrN3O2/c1-6-29(24-12-9-20(17(2)3)14-23(24)26)25-27-18(4)13-21(28-25)16-31-15-19-7-10-22(30-5)11-8-19/h7-14,17H,6,15-16H2,1-5H3. The molecule has 6 heteroatoms. The lowest BCUT2D eigenvalue weighted by Crippen LogP contribution is -2.20. The van der Waals surface area contributed by atoms with Crippen LogP contribution >= 0.6 is 15.9 Å². The van der Waals surface area contributed by atoms with Gasteiger partial charge in [0.15, 0.2) is 0 Å². The van der Waals surface area contributed by atoms with E-state index in [1.165, 1.54) is 5.56 Å². The summed E-state index contributed by atoms with van der Waals surface area (Å²) in [6.45, 7) is 10.2. The third kappa shape index (κ3) is 6.05. The molecule has 2 aromatic carbocycles. The number of methoxy groups -OCH3 is 1. The molecule has 1 aromatic heterocycles. The highest BCUT2D eigenvalue weighted by molar-refractivity contribution is 9.10. The third-order valence-corrected chi connectivity index (χ3v) is 5.70. The maximum Gasteiger partial charge on any atom is 0.230 e. The minimum Gasteiger partial charge on any atom is -0.497 e. The van der Waals surface area contributed by atoms with Gasteiger partial charge >= 0.3 is 0 Å². The van der Waals surface area contributed by atoms with Crippen LogP contribution in [0, 0.1) is 6.92 Å². The summed E-state index contributed by atoms with van der Waals surface area (Å²) in [4.78, 5) is 11.6. The molecule has 0 spiro atoms. The number of hydrogen-bond acceptors (Lipinski definition) is 5. The summed E-state index contributed by atoms with van der Waals surface area (Å²) in [6, 6.07) is 16.3. The zero-order chi connectivity index (χ0) is 22.4. The molecule has 3 aromatic rings. The number of halogens is 1. The van der Waals surface area contributed by atoms with Gasteiger partial charge in [0, 0.05) is 16.7 Å². The first-order chi connectivity index (χ1) is 14.9. The van der Waals surface area contributed by atoms with Crippen molar-refractivity contribution >= 4 is 27.6 Å². The van der Waals surface area contributed by atoms with E-state index in [0.29, 0.717) is 25.1 Å². The van der Waals surface area contributed by atoms with Crippen molar-refractivity contribution in [2.75, 3.05) is 18.6 Å². The Bertz CT molecular complexity index is 1010. The second kappa shape index (κ2) is 10.7. The number of hydrogen-bond donors (Lipinski definition) is 0. The van der Waals surface area contributed by atoms with Crippen molar-refractivity contribution < 1.29 is 9.47 Å². The zero-order valence-corrected chi connectivity index (χ0v) is 20.4. The number of nitrogens with zero attached hydrogens (tertiary/aromatic N) is 3. The third-order valence-electron chi connectivity index (χ3n) is 5.06. The van der Waals surface area contributed by atoms with Gasteiger partial charge in [0.1, 0.15) is 5.75 Å². The van der Waals surface area contributed by atoms with Crippen LogP contribution in [0.4, 0.5) is 11.6 Å². The largest absolute Gasteiger partial charge is 0.497 e. The van der Waals surface area contributed by atoms with E-state index in [-0.39, 0.29) is 0 Å². The summed E-state index contributed by atoms with van der Waals surface area (Å²) in [7, 11) is 1.66. The molecule has 5 nitrogen and oxygen atoms in total. The first-order valence-electron chi connectivity index (χ1n) is 10.5. The van der Waals surface area contributed by atoms with E-state index in [1.807, 2.05) is 37.3 Å². The Morgan fingerprint density at radius 3 is 2.35 bits per heavy atom. The van der Waals surface area contributed by atoms with Crippen molar-refractivity contribution in [2.24, 2.45) is 0 Å². The van der Waals surface area contributed by atoms with E-state index in [0.717, 1.165) is 39.4 Å². The highest BCUT2D eigenvalue weighted by Crippen LogP contribution is 2.33. The topological polar surface area (TPSA) is 47.5 Å². The number of rotatable bonds is 9. The molecule has 0 amide bonds. The van der Waals surface area contributed by atoms with Gasteiger partial charge in [-0.1, -0.05) is 32.0 Å². The molecule has 0 bridgehead atoms. The molecule has 164 valence electrons. The van der Waals surface area contributed by atoms with Gasteiger partial charge < -0.3 is 14.4 Å². The van der Waals surface area contributed by atoms with E-state index in [9.17, 15) is 0 Å². The molecule has 0 atom stereocenters. The van der Waals surface area contributed by atoms with Crippen LogP contribution in [0.5, 0.6) is 5.75 Å². The summed E-state index contributed by atoms with van der Waals surface area (Å²) in [5, 5.41) is 0. The second-order valence-electron chi connectivity index (χ2n) is 7.75. The molecule has 0 saturated heterocycles. The quantitative estimate of drug-likeness (QED) is 0.345. The van der Waals surface area contributed by atoms with Gasteiger partial charge in [-0.3, -0.25) is 0 Å². The second-order valence-corrected chi connectivity index (χ2v) is 8.61. The first kappa shape index (κ1) is 23.2. The predicted octanol–water partition coefficient (Wildman–Crippen LogP) is 6.55. The summed E-state index contributed by atoms with van der Waals surface area (Å²) in [6.07, 6.45) is 0. The lowest BCUT2D eigenvalue weighted by atomic mass is 10.0. The number of aromatic nitrogens is 2. The van der Waals surface area contributed by atoms with Crippen LogP contribution < -0.4 is 9.64 Å². The Balaban J connectivity index is 1.75. The van der Waals surface area contributed by atoms with Crippen molar-refractivity contribution in [3.8, 4) is 5.75 Å². The summed E-state index contributed by atoms with van der Waals surface area (Å²) in [5.41, 5.74) is 5.23. The Morgan fingerprint density at radius 2 is 1.74 bits per heavy atom. The van der Waals surface area contributed by atoms with Crippen LogP contribution in [-0.4, -0.2) is 23.6 Å². The fraction of sp³-hybridized carbons (Fsp3) is 0.360. The molecule has 3 rings (SSSR count). The normalized spacial score (nSPS) is 11.1. The van der Waals surface area contributed by atoms with Crippen molar-refractivity contribution in [2.45, 2.75) is 46.8 Å². The van der Waals surface area contributed by atoms with Crippen molar-refractivity contribution in [1.82, 2.24) is 9.97 Å². The van der Waals surface area contributed by atoms with Crippen LogP contribution in [0.3, 0.4) is 0 Å². The molecule has 0 N–H and O–H groups in total. The van der Waals surface area contributed by atoms with Gasteiger partial charge in [0.2, 0.25) is 5.95 Å². The van der Waals surface area contributed by atoms with Gasteiger partial charge in [-0.25, -0.2) is 9.97 Å². The van der Waals surface area contributed by atoms with E-state index in [2.05, 4.69) is 64.8 Å². The van der Waals surface area contributed by atoms with Gasteiger partial charge in [0.05, 0.1) is 31.7 Å². The van der Waals surface area contributed by atoms with Crippen molar-refractivity contribution in [1.29, 1.82) is 0 Å². The Morgan fingerprint density at radius 1 is 1.00 bits per heavy atom. The van der Waals surface area contributed by atoms with Gasteiger partial charge in [-0.05, 0) is 77.2 Å². The first-order valence-corrected chi connectivity index (χ1v) is 11.3. The van der Waals surface area contributed by atoms with Crippen molar-refractivity contribution in [3.05, 3.63) is 75.5 Å². The summed E-state index contributed by atoms with van der Waals surface area (Å²) in [5.74, 6) is 2.00. The molecule has 0 fully saturated rings. The fourth-order valence-corrected chi connectivity index (χ4v) is 3.94. The molecule has 0 aliphatic heterocycles. The number of anilines is 2. The Labute approximate surface area is 193 Å². The highest BCUT2D eigenvalue weighted by Gasteiger charge is 2.16. The molecular formula is C25H30BrN3O2. The number of aryl methyl sites for hydroxylation is 1. The molecule has 0 aliphatic carbocycles. The molecular weight excluding hydrogens is 454 g/mol. The average molecular weight is 484 g/mol. The smallest absolute Gasteiger partial charge is 0.230 e. The monoisotopic (exact) mass is 483 g/mol. The minimum absolute atomic E-state index is 0.424. The Kier molecular flexibility index (Phi) is 8.04. The lowest BCUT2D eigenvalue weighted by Gasteiger charge is -2.24. The molecule has 0 saturated carbocycles. The number of benzene rings is 2. The summed E-state index contributed by atoms with van der Waals surface area (Å²) < 4.78 is 12.2. The summed E-state index contributed by atoms with van der Waals surface area (Å²) >= 11 is 3.74. The van der Waals surface area contributed by atoms with E-state index in [1.54, 1.807) is 7.11 Å². The van der Waals surface area contributed by atoms with Crippen LogP contribution in [0.2, 0.25) is 0 Å². The number of ether oxygens (including phenoxy) is 2. The van der Waals surface area contributed by atoms with Gasteiger partial charge in [0.25, 0.3) is 0 Å². The predicted molar refractivity (Wildman–Crippen MR) is 129 cm³/mol. The fourth-order valence-electron chi connectivity index (χ4n) is 3.33. The molecule has 1 heterocycles. The van der Waals surface area contributed by atoms with E-state index >= 15 is 0 Å². The molecule has 0 radical (unpaired) electrons. The lowest BCUT2D eigenvalue weighted by molar-refractivity contribution is 0.104. The molecule has 31 heavy (non-hydrogen) atoms. The zero-order valence-electron chi connectivity index (χ0n) is 18.9. The molecule has 0 unspecified atom stereocenters. The van der Waals surface area contributed by atoms with Crippen LogP contribution in [0.1, 0.15) is 49.2 Å². The highest BCUT2D eigenvalue weighted by atomic mass is 79.9. The Hall–Kier alpha value is -2.44. The van der Waals surface area contributed by atoms with Gasteiger partial charge in [-0.15, -0.1) is 0 Å². The average Bonchev–Trinajstić information content (AvgIpc) is 2.75. The van der Waals surface area contributed by atoms with Crippen molar-refractivity contribution in [3.63, 3.8) is 0 Å². The van der Waals surface area contributed by atoms with Gasteiger partial charge in [-0.2, -0.15) is 0 Å². The maximum atomic E-state index is 5.92. The SMILES string of the molecule is CCN(c1nc(C)cc(COCc2ccc(OC)cc2)n1)c1ccc(C(C)C)cc1Br. The van der Waals surface area contributed by atoms with E-state index in [4.69, 9.17) is 14.5 Å². The van der Waals surface area contributed by atoms with Crippen LogP contribution in [-0.2, 0) is 18.0 Å². The maximum absolute atomic E-state index is 5.92.